The van der Waals surface area contributed by atoms with Crippen molar-refractivity contribution >= 4 is 5.71 Å². The molecule has 1 aliphatic heterocycles. The van der Waals surface area contributed by atoms with Crippen LogP contribution in [0.3, 0.4) is 0 Å². The highest BCUT2D eigenvalue weighted by Crippen LogP contribution is 2.17. The topological polar surface area (TPSA) is 12.4 Å². The first kappa shape index (κ1) is 7.99. The molecule has 0 unspecified atom stereocenters. The summed E-state index contributed by atoms with van der Waals surface area (Å²) in [5.74, 6) is 0. The number of hydrogen-bond donors (Lipinski definition) is 0. The van der Waals surface area contributed by atoms with Gasteiger partial charge in [-0.2, -0.15) is 0 Å². The van der Waals surface area contributed by atoms with Crippen LogP contribution in [-0.2, 0) is 0 Å². The number of aliphatic imine (C=N–C) groups is 1. The number of nitrogens with zero attached hydrogens (tertiary/aromatic N) is 1. The standard InChI is InChI=1S/C10H12N/c1-3-5-9-7-8-10(11-9)6-4-2/h3-4,7-8H,1-2,5-6H2. The lowest BCUT2D eigenvalue weighted by molar-refractivity contribution is 1.04. The molecule has 0 spiro atoms. The summed E-state index contributed by atoms with van der Waals surface area (Å²) in [6, 6.07) is 1.09. The fourth-order valence-electron chi connectivity index (χ4n) is 0.975. The molecule has 0 aromatic heterocycles. The average molecular weight is 146 g/mol. The molecule has 0 aromatic carbocycles. The van der Waals surface area contributed by atoms with E-state index in [1.807, 2.05) is 24.3 Å². The van der Waals surface area contributed by atoms with E-state index in [-0.39, 0.29) is 0 Å². The zero-order valence-electron chi connectivity index (χ0n) is 6.59. The van der Waals surface area contributed by atoms with Gasteiger partial charge in [0.2, 0.25) is 0 Å². The first-order valence-corrected chi connectivity index (χ1v) is 3.70. The zero-order valence-corrected chi connectivity index (χ0v) is 6.59. The summed E-state index contributed by atoms with van der Waals surface area (Å²) in [5, 5.41) is 0. The molecule has 1 radical (unpaired) electrons. The van der Waals surface area contributed by atoms with Gasteiger partial charge in [0, 0.05) is 12.1 Å². The molecule has 1 heterocycles. The van der Waals surface area contributed by atoms with Gasteiger partial charge in [0.15, 0.2) is 0 Å². The van der Waals surface area contributed by atoms with E-state index < -0.39 is 0 Å². The van der Waals surface area contributed by atoms with E-state index in [4.69, 9.17) is 0 Å². The Morgan fingerprint density at radius 2 is 1.91 bits per heavy atom. The van der Waals surface area contributed by atoms with Crippen LogP contribution in [0, 0.1) is 6.04 Å². The van der Waals surface area contributed by atoms with Crippen LogP contribution in [0.15, 0.2) is 42.5 Å². The van der Waals surface area contributed by atoms with Gasteiger partial charge in [-0.3, -0.25) is 4.99 Å². The summed E-state index contributed by atoms with van der Waals surface area (Å²) in [5.41, 5.74) is 1.09. The van der Waals surface area contributed by atoms with Crippen LogP contribution in [0.1, 0.15) is 12.8 Å². The fourth-order valence-corrected chi connectivity index (χ4v) is 0.975. The molecule has 1 aliphatic rings. The van der Waals surface area contributed by atoms with E-state index in [0.717, 1.165) is 24.6 Å². The lowest BCUT2D eigenvalue weighted by atomic mass is 10.2. The molecule has 57 valence electrons. The lowest BCUT2D eigenvalue weighted by Crippen LogP contribution is -1.87. The molecule has 0 amide bonds. The van der Waals surface area contributed by atoms with Gasteiger partial charge < -0.3 is 0 Å². The van der Waals surface area contributed by atoms with Gasteiger partial charge in [-0.1, -0.05) is 18.2 Å². The molecule has 0 atom stereocenters. The Hall–Kier alpha value is -1.11. The fraction of sp³-hybridized carbons (Fsp3) is 0.200. The van der Waals surface area contributed by atoms with Crippen LogP contribution in [-0.4, -0.2) is 5.71 Å². The highest BCUT2D eigenvalue weighted by atomic mass is 14.8. The van der Waals surface area contributed by atoms with Gasteiger partial charge in [-0.05, 0) is 12.5 Å². The normalized spacial score (nSPS) is 16.5. The largest absolute Gasteiger partial charge is 0.275 e. The van der Waals surface area contributed by atoms with Crippen LogP contribution in [0.4, 0.5) is 0 Å². The monoisotopic (exact) mass is 146 g/mol. The van der Waals surface area contributed by atoms with Gasteiger partial charge >= 0.3 is 0 Å². The molecule has 0 aliphatic carbocycles. The minimum Gasteiger partial charge on any atom is -0.275 e. The molecule has 0 N–H and O–H groups in total. The molecular weight excluding hydrogens is 134 g/mol. The van der Waals surface area contributed by atoms with Crippen molar-refractivity contribution in [3.05, 3.63) is 43.5 Å². The summed E-state index contributed by atoms with van der Waals surface area (Å²) < 4.78 is 0. The van der Waals surface area contributed by atoms with Crippen molar-refractivity contribution in [1.82, 2.24) is 0 Å². The Labute approximate surface area is 67.8 Å². The Morgan fingerprint density at radius 3 is 2.55 bits per heavy atom. The van der Waals surface area contributed by atoms with E-state index in [2.05, 4.69) is 18.2 Å². The third kappa shape index (κ3) is 2.19. The highest BCUT2D eigenvalue weighted by Gasteiger charge is 2.08. The molecule has 0 bridgehead atoms. The summed E-state index contributed by atoms with van der Waals surface area (Å²) >= 11 is 0. The van der Waals surface area contributed by atoms with Crippen molar-refractivity contribution in [3.8, 4) is 0 Å². The molecule has 1 nitrogen and oxygen atoms in total. The van der Waals surface area contributed by atoms with Gasteiger partial charge in [-0.25, -0.2) is 0 Å². The summed E-state index contributed by atoms with van der Waals surface area (Å²) in [6.07, 6.45) is 9.50. The second-order valence-corrected chi connectivity index (χ2v) is 2.41. The minimum absolute atomic E-state index is 0.858. The number of allylic oxidation sites excluding steroid dienone is 2. The maximum atomic E-state index is 4.35. The first-order valence-electron chi connectivity index (χ1n) is 3.70. The van der Waals surface area contributed by atoms with Gasteiger partial charge in [0.05, 0.1) is 0 Å². The zero-order chi connectivity index (χ0) is 8.10. The molecule has 0 fully saturated rings. The summed E-state index contributed by atoms with van der Waals surface area (Å²) in [6.45, 7) is 7.30. The Bertz CT molecular complexity index is 211. The van der Waals surface area contributed by atoms with E-state index in [1.165, 1.54) is 0 Å². The molecule has 11 heavy (non-hydrogen) atoms. The van der Waals surface area contributed by atoms with Crippen LogP contribution in [0.5, 0.6) is 0 Å². The van der Waals surface area contributed by atoms with Crippen molar-refractivity contribution in [2.75, 3.05) is 0 Å². The second kappa shape index (κ2) is 3.91. The van der Waals surface area contributed by atoms with Gasteiger partial charge in [-0.15, -0.1) is 13.2 Å². The van der Waals surface area contributed by atoms with E-state index in [0.29, 0.717) is 0 Å². The molecule has 0 saturated carbocycles. The molecular formula is C10H12N. The molecule has 1 rings (SSSR count). The van der Waals surface area contributed by atoms with E-state index in [9.17, 15) is 0 Å². The Morgan fingerprint density at radius 1 is 1.18 bits per heavy atom. The van der Waals surface area contributed by atoms with Crippen molar-refractivity contribution < 1.29 is 0 Å². The summed E-state index contributed by atoms with van der Waals surface area (Å²) in [7, 11) is 0. The second-order valence-electron chi connectivity index (χ2n) is 2.41. The summed E-state index contributed by atoms with van der Waals surface area (Å²) in [4.78, 5) is 4.35. The first-order chi connectivity index (χ1) is 5.36. The Kier molecular flexibility index (Phi) is 2.84. The molecule has 0 aromatic rings. The van der Waals surface area contributed by atoms with Crippen molar-refractivity contribution in [2.24, 2.45) is 4.99 Å². The van der Waals surface area contributed by atoms with Crippen LogP contribution in [0.25, 0.3) is 0 Å². The minimum atomic E-state index is 0.858. The predicted molar refractivity (Wildman–Crippen MR) is 49.4 cm³/mol. The highest BCUT2D eigenvalue weighted by molar-refractivity contribution is 5.98. The molecule has 1 heteroatoms. The SMILES string of the molecule is C=CC[C]1C=CC(CC=C)=N1. The van der Waals surface area contributed by atoms with Crippen molar-refractivity contribution in [3.63, 3.8) is 0 Å². The predicted octanol–water partition coefficient (Wildman–Crippen LogP) is 2.68. The maximum absolute atomic E-state index is 4.35. The average Bonchev–Trinajstić information content (AvgIpc) is 2.38. The third-order valence-electron chi connectivity index (χ3n) is 1.46. The van der Waals surface area contributed by atoms with Crippen LogP contribution in [0.2, 0.25) is 0 Å². The van der Waals surface area contributed by atoms with Crippen LogP contribution >= 0.6 is 0 Å². The number of rotatable bonds is 4. The van der Waals surface area contributed by atoms with Crippen LogP contribution < -0.4 is 0 Å². The maximum Gasteiger partial charge on any atom is 0.112 e. The van der Waals surface area contributed by atoms with Gasteiger partial charge in [0.1, 0.15) is 6.04 Å². The molecule has 0 saturated heterocycles. The number of hydrogen-bond acceptors (Lipinski definition) is 1. The Balaban J connectivity index is 2.48. The quantitative estimate of drug-likeness (QED) is 0.541. The lowest BCUT2D eigenvalue weighted by Gasteiger charge is -1.96. The van der Waals surface area contributed by atoms with Crippen molar-refractivity contribution in [2.45, 2.75) is 12.8 Å². The van der Waals surface area contributed by atoms with Crippen molar-refractivity contribution in [1.29, 1.82) is 0 Å². The van der Waals surface area contributed by atoms with E-state index in [1.54, 1.807) is 0 Å². The van der Waals surface area contributed by atoms with Gasteiger partial charge in [0.25, 0.3) is 0 Å². The van der Waals surface area contributed by atoms with E-state index >= 15 is 0 Å². The smallest absolute Gasteiger partial charge is 0.112 e. The third-order valence-corrected chi connectivity index (χ3v) is 1.46.